The van der Waals surface area contributed by atoms with E-state index < -0.39 is 11.9 Å². The van der Waals surface area contributed by atoms with Crippen molar-refractivity contribution >= 4 is 11.9 Å². The highest BCUT2D eigenvalue weighted by Crippen LogP contribution is 2.35. The van der Waals surface area contributed by atoms with Gasteiger partial charge in [-0.25, -0.2) is 4.68 Å². The number of rotatable bonds is 2. The van der Waals surface area contributed by atoms with Gasteiger partial charge < -0.3 is 10.8 Å². The number of nitrogens with zero attached hydrogens (tertiary/aromatic N) is 4. The zero-order chi connectivity index (χ0) is 13.4. The van der Waals surface area contributed by atoms with Gasteiger partial charge in [-0.2, -0.15) is 4.98 Å². The van der Waals surface area contributed by atoms with Crippen LogP contribution in [0.5, 0.6) is 0 Å². The average molecular weight is 259 g/mol. The number of aliphatic carboxylic acids is 1. The molecule has 1 aliphatic heterocycles. The molecule has 0 bridgehead atoms. The number of aromatic nitrogens is 4. The second kappa shape index (κ2) is 4.34. The number of nitrogen functional groups attached to an aromatic ring is 1. The van der Waals surface area contributed by atoms with Gasteiger partial charge in [0.05, 0.1) is 6.54 Å². The lowest BCUT2D eigenvalue weighted by atomic mass is 9.88. The molecule has 1 aliphatic rings. The topological polar surface area (TPSA) is 107 Å². The zero-order valence-electron chi connectivity index (χ0n) is 10.1. The molecule has 0 aliphatic carbocycles. The summed E-state index contributed by atoms with van der Waals surface area (Å²) in [7, 11) is 0. The maximum absolute atomic E-state index is 11.4. The van der Waals surface area contributed by atoms with Crippen molar-refractivity contribution in [3.05, 3.63) is 35.9 Å². The minimum absolute atomic E-state index is 0.0101. The lowest BCUT2D eigenvalue weighted by molar-refractivity contribution is -0.139. The largest absolute Gasteiger partial charge is 0.481 e. The molecule has 2 aromatic rings. The second-order valence-corrected chi connectivity index (χ2v) is 4.59. The van der Waals surface area contributed by atoms with Crippen LogP contribution in [0.15, 0.2) is 24.4 Å². The van der Waals surface area contributed by atoms with Gasteiger partial charge in [-0.15, -0.1) is 5.10 Å². The van der Waals surface area contributed by atoms with Crippen LogP contribution < -0.4 is 5.73 Å². The average Bonchev–Trinajstić information content (AvgIpc) is 2.78. The molecule has 19 heavy (non-hydrogen) atoms. The first-order valence-corrected chi connectivity index (χ1v) is 5.99. The monoisotopic (exact) mass is 259 g/mol. The predicted molar refractivity (Wildman–Crippen MR) is 66.4 cm³/mol. The van der Waals surface area contributed by atoms with E-state index in [-0.39, 0.29) is 11.9 Å². The molecular weight excluding hydrogens is 246 g/mol. The summed E-state index contributed by atoms with van der Waals surface area (Å²) >= 11 is 0. The van der Waals surface area contributed by atoms with Crippen LogP contribution in [-0.4, -0.2) is 30.8 Å². The summed E-state index contributed by atoms with van der Waals surface area (Å²) in [5.41, 5.74) is 6.42. The molecule has 7 nitrogen and oxygen atoms in total. The smallest absolute Gasteiger partial charge is 0.314 e. The molecule has 0 saturated carbocycles. The van der Waals surface area contributed by atoms with Gasteiger partial charge in [-0.3, -0.25) is 9.78 Å². The molecule has 0 amide bonds. The molecule has 3 heterocycles. The van der Waals surface area contributed by atoms with Crippen molar-refractivity contribution in [2.24, 2.45) is 0 Å². The van der Waals surface area contributed by atoms with E-state index in [2.05, 4.69) is 15.1 Å². The second-order valence-electron chi connectivity index (χ2n) is 4.59. The molecule has 7 heteroatoms. The SMILES string of the molecule is Nc1nc2n(n1)CC(c1ccccn1)CC2C(=O)O. The fourth-order valence-electron chi connectivity index (χ4n) is 2.48. The number of anilines is 1. The van der Waals surface area contributed by atoms with Gasteiger partial charge in [0.2, 0.25) is 5.95 Å². The summed E-state index contributed by atoms with van der Waals surface area (Å²) < 4.78 is 1.58. The van der Waals surface area contributed by atoms with Crippen molar-refractivity contribution in [1.82, 2.24) is 19.7 Å². The van der Waals surface area contributed by atoms with Gasteiger partial charge >= 0.3 is 5.97 Å². The lowest BCUT2D eigenvalue weighted by Gasteiger charge is -2.26. The number of carboxylic acid groups (broad SMARTS) is 1. The van der Waals surface area contributed by atoms with E-state index in [0.29, 0.717) is 18.8 Å². The Balaban J connectivity index is 1.99. The number of fused-ring (bicyclic) bond motifs is 1. The number of nitrogens with two attached hydrogens (primary N) is 1. The van der Waals surface area contributed by atoms with Crippen molar-refractivity contribution in [2.45, 2.75) is 24.8 Å². The van der Waals surface area contributed by atoms with Crippen molar-refractivity contribution in [3.63, 3.8) is 0 Å². The van der Waals surface area contributed by atoms with Crippen LogP contribution >= 0.6 is 0 Å². The zero-order valence-corrected chi connectivity index (χ0v) is 10.1. The fourth-order valence-corrected chi connectivity index (χ4v) is 2.48. The van der Waals surface area contributed by atoms with Crippen LogP contribution in [0.25, 0.3) is 0 Å². The van der Waals surface area contributed by atoms with Crippen molar-refractivity contribution < 1.29 is 9.90 Å². The third-order valence-electron chi connectivity index (χ3n) is 3.35. The van der Waals surface area contributed by atoms with E-state index in [0.717, 1.165) is 5.69 Å². The highest BCUT2D eigenvalue weighted by Gasteiger charge is 2.35. The first kappa shape index (κ1) is 11.6. The van der Waals surface area contributed by atoms with Crippen LogP contribution in [0.3, 0.4) is 0 Å². The number of hydrogen-bond acceptors (Lipinski definition) is 5. The standard InChI is InChI=1S/C12H13N5O2/c13-12-15-10-8(11(18)19)5-7(6-17(10)16-12)9-3-1-2-4-14-9/h1-4,7-8H,5-6H2,(H2,13,16)(H,18,19). The van der Waals surface area contributed by atoms with Crippen LogP contribution in [-0.2, 0) is 11.3 Å². The van der Waals surface area contributed by atoms with E-state index in [4.69, 9.17) is 5.73 Å². The van der Waals surface area contributed by atoms with Gasteiger partial charge in [-0.1, -0.05) is 6.07 Å². The molecular formula is C12H13N5O2. The maximum Gasteiger partial charge on any atom is 0.314 e. The molecule has 0 saturated heterocycles. The third-order valence-corrected chi connectivity index (χ3v) is 3.35. The van der Waals surface area contributed by atoms with Gasteiger partial charge in [0, 0.05) is 17.8 Å². The molecule has 98 valence electrons. The Morgan fingerprint density at radius 1 is 1.47 bits per heavy atom. The Bertz CT molecular complexity index is 610. The summed E-state index contributed by atoms with van der Waals surface area (Å²) in [6, 6.07) is 5.62. The number of pyridine rings is 1. The van der Waals surface area contributed by atoms with Crippen molar-refractivity contribution in [3.8, 4) is 0 Å². The van der Waals surface area contributed by atoms with Gasteiger partial charge in [0.1, 0.15) is 11.7 Å². The van der Waals surface area contributed by atoms with E-state index in [9.17, 15) is 9.90 Å². The molecule has 0 aromatic carbocycles. The number of hydrogen-bond donors (Lipinski definition) is 2. The highest BCUT2D eigenvalue weighted by molar-refractivity contribution is 5.75. The third kappa shape index (κ3) is 2.03. The van der Waals surface area contributed by atoms with E-state index in [1.54, 1.807) is 10.9 Å². The van der Waals surface area contributed by atoms with Gasteiger partial charge in [0.25, 0.3) is 0 Å². The first-order chi connectivity index (χ1) is 9.15. The molecule has 2 atom stereocenters. The summed E-state index contributed by atoms with van der Waals surface area (Å²) in [6.45, 7) is 0.556. The Morgan fingerprint density at radius 3 is 3.00 bits per heavy atom. The van der Waals surface area contributed by atoms with Crippen molar-refractivity contribution in [2.75, 3.05) is 5.73 Å². The number of carboxylic acids is 1. The minimum Gasteiger partial charge on any atom is -0.481 e. The Labute approximate surface area is 109 Å². The normalized spacial score (nSPS) is 21.9. The quantitative estimate of drug-likeness (QED) is 0.818. The summed E-state index contributed by atoms with van der Waals surface area (Å²) in [5, 5.41) is 13.4. The van der Waals surface area contributed by atoms with E-state index in [1.807, 2.05) is 18.2 Å². The number of carbonyl (C=O) groups is 1. The summed E-state index contributed by atoms with van der Waals surface area (Å²) in [5.74, 6) is -1.05. The summed E-state index contributed by atoms with van der Waals surface area (Å²) in [6.07, 6.45) is 2.17. The summed E-state index contributed by atoms with van der Waals surface area (Å²) in [4.78, 5) is 19.7. The van der Waals surface area contributed by atoms with Gasteiger partial charge in [-0.05, 0) is 18.6 Å². The Morgan fingerprint density at radius 2 is 2.32 bits per heavy atom. The first-order valence-electron chi connectivity index (χ1n) is 5.99. The predicted octanol–water partition coefficient (Wildman–Crippen LogP) is 0.611. The lowest BCUT2D eigenvalue weighted by Crippen LogP contribution is -2.28. The van der Waals surface area contributed by atoms with E-state index >= 15 is 0 Å². The Hall–Kier alpha value is -2.44. The minimum atomic E-state index is -0.908. The van der Waals surface area contributed by atoms with Crippen LogP contribution in [0.1, 0.15) is 29.8 Å². The molecule has 3 N–H and O–H groups in total. The molecule has 3 rings (SSSR count). The molecule has 0 spiro atoms. The maximum atomic E-state index is 11.4. The van der Waals surface area contributed by atoms with Gasteiger partial charge in [0.15, 0.2) is 0 Å². The van der Waals surface area contributed by atoms with E-state index in [1.165, 1.54) is 0 Å². The molecule has 0 fully saturated rings. The van der Waals surface area contributed by atoms with Crippen LogP contribution in [0.4, 0.5) is 5.95 Å². The fraction of sp³-hybridized carbons (Fsp3) is 0.333. The molecule has 2 unspecified atom stereocenters. The van der Waals surface area contributed by atoms with Crippen molar-refractivity contribution in [1.29, 1.82) is 0 Å². The highest BCUT2D eigenvalue weighted by atomic mass is 16.4. The molecule has 0 radical (unpaired) electrons. The molecule has 2 aromatic heterocycles. The van der Waals surface area contributed by atoms with Crippen LogP contribution in [0, 0.1) is 0 Å². The Kier molecular flexibility index (Phi) is 2.66. The van der Waals surface area contributed by atoms with Crippen LogP contribution in [0.2, 0.25) is 0 Å².